The lowest BCUT2D eigenvalue weighted by Crippen LogP contribution is -2.51. The van der Waals surface area contributed by atoms with E-state index in [0.717, 1.165) is 5.56 Å². The molecule has 1 heterocycles. The van der Waals surface area contributed by atoms with Crippen molar-refractivity contribution >= 4 is 11.8 Å². The number of hydrogen-bond acceptors (Lipinski definition) is 3. The van der Waals surface area contributed by atoms with Crippen LogP contribution >= 0.6 is 0 Å². The van der Waals surface area contributed by atoms with Crippen LogP contribution in [-0.4, -0.2) is 58.6 Å². The van der Waals surface area contributed by atoms with Gasteiger partial charge in [0.1, 0.15) is 6.04 Å². The highest BCUT2D eigenvalue weighted by molar-refractivity contribution is 5.90. The van der Waals surface area contributed by atoms with Crippen molar-refractivity contribution in [1.82, 2.24) is 9.80 Å². The molecule has 0 bridgehead atoms. The van der Waals surface area contributed by atoms with E-state index >= 15 is 0 Å². The lowest BCUT2D eigenvalue weighted by molar-refractivity contribution is -0.187. The fourth-order valence-electron chi connectivity index (χ4n) is 2.83. The lowest BCUT2D eigenvalue weighted by atomic mass is 10.1. The van der Waals surface area contributed by atoms with Crippen LogP contribution in [0.2, 0.25) is 0 Å². The Morgan fingerprint density at radius 3 is 2.50 bits per heavy atom. The third-order valence-electron chi connectivity index (χ3n) is 3.94. The topological polar surface area (TPSA) is 60.9 Å². The number of amides is 2. The number of aliphatic hydroxyl groups is 1. The molecule has 132 valence electrons. The minimum absolute atomic E-state index is 0.00171. The smallest absolute Gasteiger partial charge is 0.395 e. The summed E-state index contributed by atoms with van der Waals surface area (Å²) in [5, 5.41) is 9.16. The Kier molecular flexibility index (Phi) is 5.82. The SMILES string of the molecule is O=C(C1CCCN1C(=O)C(F)(F)F)N(CCO)Cc1ccccc1. The van der Waals surface area contributed by atoms with Crippen molar-refractivity contribution in [3.8, 4) is 0 Å². The van der Waals surface area contributed by atoms with Crippen molar-refractivity contribution in [2.75, 3.05) is 19.7 Å². The van der Waals surface area contributed by atoms with Gasteiger partial charge in [-0.05, 0) is 18.4 Å². The molecule has 1 aromatic carbocycles. The summed E-state index contributed by atoms with van der Waals surface area (Å²) in [6, 6.07) is 7.81. The Balaban J connectivity index is 2.14. The average Bonchev–Trinajstić information content (AvgIpc) is 3.02. The van der Waals surface area contributed by atoms with Gasteiger partial charge in [0.15, 0.2) is 0 Å². The van der Waals surface area contributed by atoms with E-state index in [2.05, 4.69) is 0 Å². The third kappa shape index (κ3) is 4.25. The maximum Gasteiger partial charge on any atom is 0.471 e. The number of carbonyl (C=O) groups excluding carboxylic acids is 2. The van der Waals surface area contributed by atoms with Crippen LogP contribution in [0.15, 0.2) is 30.3 Å². The number of carbonyl (C=O) groups is 2. The van der Waals surface area contributed by atoms with Gasteiger partial charge >= 0.3 is 12.1 Å². The number of hydrogen-bond donors (Lipinski definition) is 1. The molecule has 1 atom stereocenters. The van der Waals surface area contributed by atoms with Gasteiger partial charge in [-0.3, -0.25) is 9.59 Å². The molecule has 1 N–H and O–H groups in total. The Bertz CT molecular complexity index is 578. The van der Waals surface area contributed by atoms with Crippen molar-refractivity contribution in [3.05, 3.63) is 35.9 Å². The van der Waals surface area contributed by atoms with Crippen LogP contribution in [-0.2, 0) is 16.1 Å². The maximum absolute atomic E-state index is 12.7. The first kappa shape index (κ1) is 18.3. The quantitative estimate of drug-likeness (QED) is 0.882. The molecule has 0 radical (unpaired) electrons. The van der Waals surface area contributed by atoms with Gasteiger partial charge in [0.05, 0.1) is 6.61 Å². The number of likely N-dealkylation sites (tertiary alicyclic amines) is 1. The van der Waals surface area contributed by atoms with Gasteiger partial charge in [-0.1, -0.05) is 30.3 Å². The molecule has 0 aromatic heterocycles. The largest absolute Gasteiger partial charge is 0.471 e. The Labute approximate surface area is 137 Å². The van der Waals surface area contributed by atoms with Gasteiger partial charge in [0.25, 0.3) is 0 Å². The van der Waals surface area contributed by atoms with Gasteiger partial charge in [0, 0.05) is 19.6 Å². The molecule has 0 spiro atoms. The van der Waals surface area contributed by atoms with Crippen LogP contribution in [0, 0.1) is 0 Å². The molecule has 0 aliphatic carbocycles. The predicted octanol–water partition coefficient (Wildman–Crippen LogP) is 1.56. The number of halogens is 3. The summed E-state index contributed by atoms with van der Waals surface area (Å²) in [5.41, 5.74) is 0.797. The maximum atomic E-state index is 12.7. The van der Waals surface area contributed by atoms with Gasteiger partial charge in [-0.2, -0.15) is 13.2 Å². The molecule has 1 unspecified atom stereocenters. The fourth-order valence-corrected chi connectivity index (χ4v) is 2.83. The second-order valence-electron chi connectivity index (χ2n) is 5.62. The predicted molar refractivity (Wildman–Crippen MR) is 79.7 cm³/mol. The second-order valence-corrected chi connectivity index (χ2v) is 5.62. The summed E-state index contributed by atoms with van der Waals surface area (Å²) < 4.78 is 38.0. The summed E-state index contributed by atoms with van der Waals surface area (Å²) in [6.45, 7) is -0.228. The zero-order valence-electron chi connectivity index (χ0n) is 13.0. The number of nitrogens with zero attached hydrogens (tertiary/aromatic N) is 2. The lowest BCUT2D eigenvalue weighted by Gasteiger charge is -2.30. The molecule has 2 rings (SSSR count). The first-order valence-electron chi connectivity index (χ1n) is 7.66. The van der Waals surface area contributed by atoms with Gasteiger partial charge in [-0.15, -0.1) is 0 Å². The first-order valence-corrected chi connectivity index (χ1v) is 7.66. The minimum atomic E-state index is -5.00. The highest BCUT2D eigenvalue weighted by atomic mass is 19.4. The number of benzene rings is 1. The van der Waals surface area contributed by atoms with E-state index in [1.54, 1.807) is 24.3 Å². The summed E-state index contributed by atoms with van der Waals surface area (Å²) in [6.07, 6.45) is -4.46. The highest BCUT2D eigenvalue weighted by Crippen LogP contribution is 2.27. The Morgan fingerprint density at radius 1 is 1.25 bits per heavy atom. The van der Waals surface area contributed by atoms with Crippen LogP contribution < -0.4 is 0 Å². The molecule has 2 amide bonds. The fraction of sp³-hybridized carbons (Fsp3) is 0.500. The highest BCUT2D eigenvalue weighted by Gasteiger charge is 2.48. The normalized spacial score (nSPS) is 17.8. The Morgan fingerprint density at radius 2 is 1.92 bits per heavy atom. The number of aliphatic hydroxyl groups excluding tert-OH is 1. The van der Waals surface area contributed by atoms with Crippen molar-refractivity contribution in [1.29, 1.82) is 0 Å². The molecule has 1 aliphatic heterocycles. The molecule has 5 nitrogen and oxygen atoms in total. The minimum Gasteiger partial charge on any atom is -0.395 e. The average molecular weight is 344 g/mol. The molecule has 1 aromatic rings. The van der Waals surface area contributed by atoms with Crippen LogP contribution in [0.5, 0.6) is 0 Å². The van der Waals surface area contributed by atoms with E-state index < -0.39 is 24.0 Å². The summed E-state index contributed by atoms with van der Waals surface area (Å²) >= 11 is 0. The van der Waals surface area contributed by atoms with Gasteiger partial charge in [-0.25, -0.2) is 0 Å². The van der Waals surface area contributed by atoms with Crippen molar-refractivity contribution < 1.29 is 27.9 Å². The Hall–Kier alpha value is -2.09. The van der Waals surface area contributed by atoms with E-state index in [4.69, 9.17) is 5.11 Å². The van der Waals surface area contributed by atoms with Gasteiger partial charge in [0.2, 0.25) is 5.91 Å². The van der Waals surface area contributed by atoms with Crippen LogP contribution in [0.1, 0.15) is 18.4 Å². The monoisotopic (exact) mass is 344 g/mol. The van der Waals surface area contributed by atoms with Crippen molar-refractivity contribution in [2.24, 2.45) is 0 Å². The molecular weight excluding hydrogens is 325 g/mol. The molecular formula is C16H19F3N2O3. The summed E-state index contributed by atoms with van der Waals surface area (Å²) in [4.78, 5) is 26.0. The van der Waals surface area contributed by atoms with Crippen LogP contribution in [0.3, 0.4) is 0 Å². The van der Waals surface area contributed by atoms with E-state index in [1.165, 1.54) is 4.90 Å². The zero-order chi connectivity index (χ0) is 17.7. The molecule has 1 aliphatic rings. The van der Waals surface area contributed by atoms with E-state index in [0.29, 0.717) is 11.3 Å². The van der Waals surface area contributed by atoms with Crippen LogP contribution in [0.4, 0.5) is 13.2 Å². The number of rotatable bonds is 5. The first-order chi connectivity index (χ1) is 11.3. The van der Waals surface area contributed by atoms with Gasteiger partial charge < -0.3 is 14.9 Å². The van der Waals surface area contributed by atoms with E-state index in [-0.39, 0.29) is 32.7 Å². The molecule has 0 saturated carbocycles. The molecule has 8 heteroatoms. The molecule has 1 fully saturated rings. The summed E-state index contributed by atoms with van der Waals surface area (Å²) in [5.74, 6) is -2.55. The molecule has 24 heavy (non-hydrogen) atoms. The standard InChI is InChI=1S/C16H19F3N2O3/c17-16(18,19)15(24)21-8-4-7-13(21)14(23)20(9-10-22)11-12-5-2-1-3-6-12/h1-3,5-6,13,22H,4,7-11H2. The van der Waals surface area contributed by atoms with E-state index in [1.807, 2.05) is 6.07 Å². The van der Waals surface area contributed by atoms with Crippen LogP contribution in [0.25, 0.3) is 0 Å². The third-order valence-corrected chi connectivity index (χ3v) is 3.94. The van der Waals surface area contributed by atoms with E-state index in [9.17, 15) is 22.8 Å². The molecule has 1 saturated heterocycles. The van der Waals surface area contributed by atoms with Crippen molar-refractivity contribution in [3.63, 3.8) is 0 Å². The van der Waals surface area contributed by atoms with Crippen molar-refractivity contribution in [2.45, 2.75) is 31.6 Å². The second kappa shape index (κ2) is 7.65. The summed E-state index contributed by atoms with van der Waals surface area (Å²) in [7, 11) is 0. The number of alkyl halides is 3. The zero-order valence-corrected chi connectivity index (χ0v) is 13.0.